The highest BCUT2D eigenvalue weighted by Crippen LogP contribution is 2.31. The molecule has 27 heavy (non-hydrogen) atoms. The molecule has 1 aliphatic rings. The highest BCUT2D eigenvalue weighted by Gasteiger charge is 2.30. The molecule has 136 valence electrons. The van der Waals surface area contributed by atoms with Crippen LogP contribution in [0, 0.1) is 0 Å². The largest absolute Gasteiger partial charge is 0.352 e. The van der Waals surface area contributed by atoms with Crippen LogP contribution in [0.25, 0.3) is 0 Å². The lowest BCUT2D eigenvalue weighted by molar-refractivity contribution is 0.101. The summed E-state index contributed by atoms with van der Waals surface area (Å²) >= 11 is 0. The zero-order valence-corrected chi connectivity index (χ0v) is 15.2. The summed E-state index contributed by atoms with van der Waals surface area (Å²) in [5.74, 6) is 1.91. The van der Waals surface area contributed by atoms with Crippen molar-refractivity contribution in [3.05, 3.63) is 78.4 Å². The number of ketones is 1. The van der Waals surface area contributed by atoms with Gasteiger partial charge in [-0.05, 0) is 24.6 Å². The Labute approximate surface area is 158 Å². The van der Waals surface area contributed by atoms with E-state index >= 15 is 0 Å². The molecule has 1 fully saturated rings. The predicted octanol–water partition coefficient (Wildman–Crippen LogP) is 3.14. The second-order valence-electron chi connectivity index (χ2n) is 6.58. The third-order valence-corrected chi connectivity index (χ3v) is 4.90. The number of hydrogen-bond acceptors (Lipinski definition) is 6. The SMILES string of the molecule is CC(=O)c1ccc(C2CN(c3ccccn3)CCN2c2cnccn2)cc1. The molecule has 0 saturated carbocycles. The number of anilines is 2. The van der Waals surface area contributed by atoms with Gasteiger partial charge in [0.25, 0.3) is 0 Å². The van der Waals surface area contributed by atoms with Crippen molar-refractivity contribution < 1.29 is 4.79 Å². The monoisotopic (exact) mass is 359 g/mol. The van der Waals surface area contributed by atoms with E-state index in [1.165, 1.54) is 0 Å². The average molecular weight is 359 g/mol. The fourth-order valence-corrected chi connectivity index (χ4v) is 3.47. The molecule has 0 radical (unpaired) electrons. The maximum atomic E-state index is 11.6. The van der Waals surface area contributed by atoms with Gasteiger partial charge in [0.2, 0.25) is 0 Å². The first-order chi connectivity index (χ1) is 13.2. The van der Waals surface area contributed by atoms with Crippen molar-refractivity contribution in [2.24, 2.45) is 0 Å². The van der Waals surface area contributed by atoms with E-state index in [0.29, 0.717) is 0 Å². The Morgan fingerprint density at radius 1 is 0.963 bits per heavy atom. The van der Waals surface area contributed by atoms with E-state index < -0.39 is 0 Å². The number of carbonyl (C=O) groups is 1. The Bertz CT molecular complexity index is 899. The van der Waals surface area contributed by atoms with Crippen LogP contribution in [-0.2, 0) is 0 Å². The lowest BCUT2D eigenvalue weighted by Gasteiger charge is -2.42. The van der Waals surface area contributed by atoms with Gasteiger partial charge in [0, 0.05) is 43.8 Å². The van der Waals surface area contributed by atoms with Gasteiger partial charge in [0.05, 0.1) is 12.2 Å². The van der Waals surface area contributed by atoms with Gasteiger partial charge in [0.15, 0.2) is 5.78 Å². The van der Waals surface area contributed by atoms with Crippen molar-refractivity contribution in [3.63, 3.8) is 0 Å². The minimum atomic E-state index is 0.0751. The van der Waals surface area contributed by atoms with Gasteiger partial charge >= 0.3 is 0 Å². The van der Waals surface area contributed by atoms with Gasteiger partial charge in [-0.1, -0.05) is 30.3 Å². The first kappa shape index (κ1) is 17.1. The van der Waals surface area contributed by atoms with Gasteiger partial charge in [-0.2, -0.15) is 0 Å². The van der Waals surface area contributed by atoms with E-state index in [0.717, 1.165) is 42.4 Å². The molecule has 2 aromatic heterocycles. The Morgan fingerprint density at radius 2 is 1.78 bits per heavy atom. The Balaban J connectivity index is 1.67. The second kappa shape index (κ2) is 7.53. The molecule has 1 aromatic carbocycles. The molecule has 0 amide bonds. The Morgan fingerprint density at radius 3 is 2.44 bits per heavy atom. The Hall–Kier alpha value is -3.28. The van der Waals surface area contributed by atoms with Crippen LogP contribution in [0.1, 0.15) is 28.9 Å². The number of rotatable bonds is 4. The van der Waals surface area contributed by atoms with Gasteiger partial charge in [-0.3, -0.25) is 9.78 Å². The molecule has 0 spiro atoms. The summed E-state index contributed by atoms with van der Waals surface area (Å²) in [5, 5.41) is 0. The first-order valence-corrected chi connectivity index (χ1v) is 9.02. The summed E-state index contributed by atoms with van der Waals surface area (Å²) < 4.78 is 0. The molecule has 6 heteroatoms. The molecule has 1 unspecified atom stereocenters. The fraction of sp³-hybridized carbons (Fsp3) is 0.238. The fourth-order valence-electron chi connectivity index (χ4n) is 3.47. The molecule has 1 atom stereocenters. The molecule has 0 aliphatic carbocycles. The zero-order valence-electron chi connectivity index (χ0n) is 15.2. The number of Topliss-reactive ketones (excluding diaryl/α,β-unsaturated/α-hetero) is 1. The number of piperazine rings is 1. The predicted molar refractivity (Wildman–Crippen MR) is 105 cm³/mol. The number of benzene rings is 1. The molecule has 0 bridgehead atoms. The third kappa shape index (κ3) is 3.65. The van der Waals surface area contributed by atoms with Crippen LogP contribution in [-0.4, -0.2) is 40.4 Å². The highest BCUT2D eigenvalue weighted by molar-refractivity contribution is 5.94. The first-order valence-electron chi connectivity index (χ1n) is 9.02. The van der Waals surface area contributed by atoms with Gasteiger partial charge in [-0.25, -0.2) is 9.97 Å². The average Bonchev–Trinajstić information content (AvgIpc) is 2.74. The molecule has 3 aromatic rings. The van der Waals surface area contributed by atoms with Gasteiger partial charge in [-0.15, -0.1) is 0 Å². The van der Waals surface area contributed by atoms with E-state index in [2.05, 4.69) is 24.8 Å². The van der Waals surface area contributed by atoms with Crippen molar-refractivity contribution >= 4 is 17.4 Å². The zero-order chi connectivity index (χ0) is 18.6. The summed E-state index contributed by atoms with van der Waals surface area (Å²) in [6, 6.07) is 13.9. The number of carbonyl (C=O) groups excluding carboxylic acids is 1. The van der Waals surface area contributed by atoms with Crippen LogP contribution in [0.15, 0.2) is 67.3 Å². The molecule has 0 N–H and O–H groups in total. The maximum Gasteiger partial charge on any atom is 0.159 e. The topological polar surface area (TPSA) is 62.2 Å². The summed E-state index contributed by atoms with van der Waals surface area (Å²) in [7, 11) is 0. The molecular formula is C21H21N5O. The van der Waals surface area contributed by atoms with Crippen LogP contribution in [0.2, 0.25) is 0 Å². The van der Waals surface area contributed by atoms with Crippen LogP contribution < -0.4 is 9.80 Å². The van der Waals surface area contributed by atoms with Crippen LogP contribution >= 0.6 is 0 Å². The lowest BCUT2D eigenvalue weighted by Crippen LogP contribution is -2.49. The minimum absolute atomic E-state index is 0.0751. The summed E-state index contributed by atoms with van der Waals surface area (Å²) in [6.45, 7) is 4.04. The van der Waals surface area contributed by atoms with E-state index in [1.807, 2.05) is 48.7 Å². The van der Waals surface area contributed by atoms with Crippen molar-refractivity contribution in [1.82, 2.24) is 15.0 Å². The van der Waals surface area contributed by atoms with E-state index in [4.69, 9.17) is 0 Å². The third-order valence-electron chi connectivity index (χ3n) is 4.90. The van der Waals surface area contributed by atoms with Crippen LogP contribution in [0.4, 0.5) is 11.6 Å². The number of nitrogens with zero attached hydrogens (tertiary/aromatic N) is 5. The Kier molecular flexibility index (Phi) is 4.78. The molecule has 6 nitrogen and oxygen atoms in total. The molecule has 3 heterocycles. The van der Waals surface area contributed by atoms with Gasteiger partial charge < -0.3 is 9.80 Å². The van der Waals surface area contributed by atoms with E-state index in [-0.39, 0.29) is 11.8 Å². The molecular weight excluding hydrogens is 338 g/mol. The van der Waals surface area contributed by atoms with Crippen molar-refractivity contribution in [3.8, 4) is 0 Å². The minimum Gasteiger partial charge on any atom is -0.352 e. The quantitative estimate of drug-likeness (QED) is 0.667. The molecule has 4 rings (SSSR count). The summed E-state index contributed by atoms with van der Waals surface area (Å²) in [4.78, 5) is 29.4. The van der Waals surface area contributed by atoms with Crippen molar-refractivity contribution in [1.29, 1.82) is 0 Å². The molecule has 1 saturated heterocycles. The van der Waals surface area contributed by atoms with E-state index in [9.17, 15) is 4.79 Å². The lowest BCUT2D eigenvalue weighted by atomic mass is 9.99. The van der Waals surface area contributed by atoms with Crippen LogP contribution in [0.3, 0.4) is 0 Å². The van der Waals surface area contributed by atoms with Crippen LogP contribution in [0.5, 0.6) is 0 Å². The maximum absolute atomic E-state index is 11.6. The normalized spacial score (nSPS) is 17.0. The summed E-state index contributed by atoms with van der Waals surface area (Å²) in [6.07, 6.45) is 7.02. The summed E-state index contributed by atoms with van der Waals surface area (Å²) in [5.41, 5.74) is 1.87. The van der Waals surface area contributed by atoms with Crippen molar-refractivity contribution in [2.75, 3.05) is 29.4 Å². The van der Waals surface area contributed by atoms with Gasteiger partial charge in [0.1, 0.15) is 11.6 Å². The molecule has 1 aliphatic heterocycles. The van der Waals surface area contributed by atoms with E-state index in [1.54, 1.807) is 25.5 Å². The number of pyridine rings is 1. The smallest absolute Gasteiger partial charge is 0.159 e. The number of hydrogen-bond donors (Lipinski definition) is 0. The number of aromatic nitrogens is 3. The highest BCUT2D eigenvalue weighted by atomic mass is 16.1. The van der Waals surface area contributed by atoms with Crippen molar-refractivity contribution in [2.45, 2.75) is 13.0 Å². The standard InChI is InChI=1S/C21H21N5O/c1-16(27)17-5-7-18(8-6-17)19-15-25(20-4-2-3-9-23-20)12-13-26(19)21-14-22-10-11-24-21/h2-11,14,19H,12-13,15H2,1H3. The second-order valence-corrected chi connectivity index (χ2v) is 6.58.